The Kier molecular flexibility index (Phi) is 5.48. The number of nitrogens with zero attached hydrogens (tertiary/aromatic N) is 2. The van der Waals surface area contributed by atoms with Crippen LogP contribution in [-0.2, 0) is 20.9 Å². The van der Waals surface area contributed by atoms with Crippen molar-refractivity contribution < 1.29 is 24.2 Å². The monoisotopic (exact) mass is 458 g/mol. The normalized spacial score (nSPS) is 16.8. The molecule has 1 unspecified atom stereocenters. The van der Waals surface area contributed by atoms with Crippen LogP contribution in [0.2, 0.25) is 0 Å². The molecule has 1 N–H and O–H groups in total. The van der Waals surface area contributed by atoms with Crippen molar-refractivity contribution in [2.24, 2.45) is 5.16 Å². The summed E-state index contributed by atoms with van der Waals surface area (Å²) in [5.74, 6) is -1.22. The Bertz CT molecular complexity index is 1450. The Labute approximate surface area is 197 Å². The Balaban J connectivity index is 1.75. The molecule has 1 atom stereocenters. The smallest absolute Gasteiger partial charge is 0.234 e. The molecular weight excluding hydrogens is 432 g/mol. The molecule has 0 saturated heterocycles. The number of oxime groups is 1. The molecule has 1 aliphatic rings. The Morgan fingerprint density at radius 2 is 1.82 bits per heavy atom. The van der Waals surface area contributed by atoms with Gasteiger partial charge < -0.3 is 24.0 Å². The summed E-state index contributed by atoms with van der Waals surface area (Å²) in [6, 6.07) is 19.3. The van der Waals surface area contributed by atoms with E-state index in [4.69, 9.17) is 14.3 Å². The molecule has 34 heavy (non-hydrogen) atoms. The standard InChI is InChI=1S/C27H26N2O5/c1-16-8-5-6-9-19(16)25(31)18-12-13-23-22(14-18)20-10-7-11-21-24(20)29(23)15-27(32-3,33-4)26(21)28-34-17(2)30/h5-14,17,30H,15H2,1-4H3/b28-26-. The molecule has 7 nitrogen and oxygen atoms in total. The molecule has 0 aliphatic carbocycles. The van der Waals surface area contributed by atoms with Crippen molar-refractivity contribution >= 4 is 33.3 Å². The largest absolute Gasteiger partial charge is 0.364 e. The van der Waals surface area contributed by atoms with E-state index in [1.54, 1.807) is 14.2 Å². The zero-order chi connectivity index (χ0) is 24.0. The number of aryl methyl sites for hydroxylation is 1. The van der Waals surface area contributed by atoms with Gasteiger partial charge in [0, 0.05) is 54.1 Å². The number of aliphatic hydroxyl groups is 1. The fraction of sp³-hybridized carbons (Fsp3) is 0.259. The summed E-state index contributed by atoms with van der Waals surface area (Å²) in [5, 5.41) is 15.8. The molecule has 0 radical (unpaired) electrons. The van der Waals surface area contributed by atoms with Crippen molar-refractivity contribution in [3.63, 3.8) is 0 Å². The van der Waals surface area contributed by atoms with Gasteiger partial charge in [-0.15, -0.1) is 0 Å². The fourth-order valence-electron chi connectivity index (χ4n) is 4.78. The van der Waals surface area contributed by atoms with E-state index < -0.39 is 12.1 Å². The molecule has 7 heteroatoms. The number of ether oxygens (including phenoxy) is 2. The summed E-state index contributed by atoms with van der Waals surface area (Å²) < 4.78 is 13.8. The second-order valence-corrected chi connectivity index (χ2v) is 8.47. The van der Waals surface area contributed by atoms with Gasteiger partial charge in [0.2, 0.25) is 12.1 Å². The van der Waals surface area contributed by atoms with Crippen LogP contribution >= 0.6 is 0 Å². The summed E-state index contributed by atoms with van der Waals surface area (Å²) in [5.41, 5.74) is 5.37. The first kappa shape index (κ1) is 22.3. The second-order valence-electron chi connectivity index (χ2n) is 8.47. The van der Waals surface area contributed by atoms with Gasteiger partial charge in [0.05, 0.1) is 12.1 Å². The number of aromatic nitrogens is 1. The van der Waals surface area contributed by atoms with Crippen LogP contribution in [0.25, 0.3) is 21.8 Å². The summed E-state index contributed by atoms with van der Waals surface area (Å²) in [4.78, 5) is 18.5. The van der Waals surface area contributed by atoms with E-state index in [1.807, 2.05) is 67.6 Å². The van der Waals surface area contributed by atoms with Crippen molar-refractivity contribution in [2.45, 2.75) is 32.5 Å². The SMILES string of the molecule is COC1(OC)Cn2c3ccc(C(=O)c4ccccc4C)cc3c3cccc(c32)/C1=N/OC(C)O. The first-order valence-corrected chi connectivity index (χ1v) is 11.1. The Hall–Kier alpha value is -3.52. The van der Waals surface area contributed by atoms with Crippen molar-refractivity contribution in [3.05, 3.63) is 82.9 Å². The molecule has 0 saturated carbocycles. The third kappa shape index (κ3) is 3.32. The third-order valence-electron chi connectivity index (χ3n) is 6.47. The first-order chi connectivity index (χ1) is 16.4. The summed E-state index contributed by atoms with van der Waals surface area (Å²) in [6.45, 7) is 3.75. The third-order valence-corrected chi connectivity index (χ3v) is 6.47. The molecule has 0 spiro atoms. The lowest BCUT2D eigenvalue weighted by Gasteiger charge is -2.36. The predicted molar refractivity (Wildman–Crippen MR) is 130 cm³/mol. The van der Waals surface area contributed by atoms with Crippen molar-refractivity contribution in [1.29, 1.82) is 0 Å². The summed E-state index contributed by atoms with van der Waals surface area (Å²) in [7, 11) is 3.11. The minimum atomic E-state index is -1.21. The van der Waals surface area contributed by atoms with Crippen LogP contribution < -0.4 is 0 Å². The van der Waals surface area contributed by atoms with Gasteiger partial charge in [0.15, 0.2) is 11.5 Å². The highest BCUT2D eigenvalue weighted by Gasteiger charge is 2.44. The molecule has 4 aromatic rings. The Morgan fingerprint density at radius 3 is 2.53 bits per heavy atom. The van der Waals surface area contributed by atoms with Crippen LogP contribution in [-0.4, -0.2) is 47.5 Å². The maximum Gasteiger partial charge on any atom is 0.234 e. The van der Waals surface area contributed by atoms with Gasteiger partial charge in [-0.2, -0.15) is 0 Å². The van der Waals surface area contributed by atoms with Gasteiger partial charge >= 0.3 is 0 Å². The predicted octanol–water partition coefficient (Wildman–Crippen LogP) is 4.40. The van der Waals surface area contributed by atoms with Crippen LogP contribution in [0.1, 0.15) is 34.0 Å². The van der Waals surface area contributed by atoms with Gasteiger partial charge in [-0.05, 0) is 30.7 Å². The second kappa shape index (κ2) is 8.36. The molecule has 0 amide bonds. The van der Waals surface area contributed by atoms with Crippen molar-refractivity contribution in [2.75, 3.05) is 14.2 Å². The Morgan fingerprint density at radius 1 is 1.06 bits per heavy atom. The lowest BCUT2D eigenvalue weighted by atomic mass is 9.95. The molecule has 0 bridgehead atoms. The van der Waals surface area contributed by atoms with Gasteiger partial charge in [0.1, 0.15) is 0 Å². The number of fused-ring (bicyclic) bond motifs is 3. The number of methoxy groups -OCH3 is 2. The number of carbonyl (C=O) groups excluding carboxylic acids is 1. The van der Waals surface area contributed by atoms with Crippen LogP contribution in [0.5, 0.6) is 0 Å². The lowest BCUT2D eigenvalue weighted by Crippen LogP contribution is -2.49. The minimum absolute atomic E-state index is 0.0114. The molecule has 3 aromatic carbocycles. The maximum absolute atomic E-state index is 13.3. The van der Waals surface area contributed by atoms with Gasteiger partial charge in [0.25, 0.3) is 0 Å². The van der Waals surface area contributed by atoms with Crippen LogP contribution in [0.3, 0.4) is 0 Å². The number of hydrogen-bond donors (Lipinski definition) is 1. The number of ketones is 1. The van der Waals surface area contributed by atoms with Crippen molar-refractivity contribution in [1.82, 2.24) is 4.57 Å². The summed E-state index contributed by atoms with van der Waals surface area (Å²) >= 11 is 0. The number of para-hydroxylation sites is 1. The van der Waals surface area contributed by atoms with E-state index in [0.717, 1.165) is 32.9 Å². The number of rotatable bonds is 6. The van der Waals surface area contributed by atoms with E-state index in [-0.39, 0.29) is 5.78 Å². The van der Waals surface area contributed by atoms with E-state index in [1.165, 1.54) is 6.92 Å². The fourth-order valence-corrected chi connectivity index (χ4v) is 4.78. The molecule has 5 rings (SSSR count). The van der Waals surface area contributed by atoms with Gasteiger partial charge in [-0.25, -0.2) is 0 Å². The molecule has 2 heterocycles. The van der Waals surface area contributed by atoms with E-state index >= 15 is 0 Å². The number of carbonyl (C=O) groups is 1. The molecule has 0 fully saturated rings. The van der Waals surface area contributed by atoms with E-state index in [9.17, 15) is 9.90 Å². The first-order valence-electron chi connectivity index (χ1n) is 11.1. The number of benzene rings is 3. The number of aliphatic hydroxyl groups excluding tert-OH is 1. The van der Waals surface area contributed by atoms with E-state index in [0.29, 0.717) is 23.4 Å². The maximum atomic E-state index is 13.3. The van der Waals surface area contributed by atoms with E-state index in [2.05, 4.69) is 9.72 Å². The highest BCUT2D eigenvalue weighted by molar-refractivity contribution is 6.22. The zero-order valence-corrected chi connectivity index (χ0v) is 19.5. The average Bonchev–Trinajstić information content (AvgIpc) is 3.16. The van der Waals surface area contributed by atoms with Crippen LogP contribution in [0, 0.1) is 6.92 Å². The van der Waals surface area contributed by atoms with Crippen LogP contribution in [0.4, 0.5) is 0 Å². The highest BCUT2D eigenvalue weighted by Crippen LogP contribution is 2.39. The molecule has 1 aliphatic heterocycles. The highest BCUT2D eigenvalue weighted by atomic mass is 16.7. The number of hydrogen-bond acceptors (Lipinski definition) is 6. The van der Waals surface area contributed by atoms with Gasteiger partial charge in [-0.3, -0.25) is 4.79 Å². The summed E-state index contributed by atoms with van der Waals surface area (Å²) in [6.07, 6.45) is -1.08. The average molecular weight is 459 g/mol. The lowest BCUT2D eigenvalue weighted by molar-refractivity contribution is -0.165. The topological polar surface area (TPSA) is 82.3 Å². The molecular formula is C27H26N2O5. The zero-order valence-electron chi connectivity index (χ0n) is 19.5. The molecule has 174 valence electrons. The van der Waals surface area contributed by atoms with Gasteiger partial charge in [-0.1, -0.05) is 47.6 Å². The van der Waals surface area contributed by atoms with Crippen molar-refractivity contribution in [3.8, 4) is 0 Å². The minimum Gasteiger partial charge on any atom is -0.364 e. The quantitative estimate of drug-likeness (QED) is 0.263. The van der Waals surface area contributed by atoms with Crippen LogP contribution in [0.15, 0.2) is 65.8 Å². The molecule has 1 aromatic heterocycles.